The first kappa shape index (κ1) is 26.5. The van der Waals surface area contributed by atoms with Crippen LogP contribution >= 0.6 is 0 Å². The van der Waals surface area contributed by atoms with Crippen LogP contribution in [0.2, 0.25) is 0 Å². The Kier molecular flexibility index (Phi) is 9.42. The molecule has 8 heteroatoms. The molecule has 0 aromatic rings. The van der Waals surface area contributed by atoms with Gasteiger partial charge < -0.3 is 30.7 Å². The molecule has 176 valence electrons. The molecule has 2 heterocycles. The smallest absolute Gasteiger partial charge is 0.410 e. The molecular formula is C22H44N4O4. The van der Waals surface area contributed by atoms with Crippen molar-refractivity contribution in [2.45, 2.75) is 116 Å². The van der Waals surface area contributed by atoms with E-state index in [0.717, 1.165) is 25.7 Å². The number of hydrogen-bond acceptors (Lipinski definition) is 6. The summed E-state index contributed by atoms with van der Waals surface area (Å²) >= 11 is 0. The molecule has 0 aromatic heterocycles. The van der Waals surface area contributed by atoms with Crippen LogP contribution in [0.25, 0.3) is 0 Å². The van der Waals surface area contributed by atoms with Gasteiger partial charge in [-0.15, -0.1) is 0 Å². The highest BCUT2D eigenvalue weighted by molar-refractivity contribution is 5.69. The van der Waals surface area contributed by atoms with Crippen molar-refractivity contribution in [3.05, 3.63) is 0 Å². The molecule has 0 saturated carbocycles. The predicted octanol–water partition coefficient (Wildman–Crippen LogP) is 3.47. The van der Waals surface area contributed by atoms with Crippen molar-refractivity contribution in [1.82, 2.24) is 9.80 Å². The van der Waals surface area contributed by atoms with Crippen LogP contribution in [0.1, 0.15) is 81.1 Å². The summed E-state index contributed by atoms with van der Waals surface area (Å²) in [4.78, 5) is 27.1. The lowest BCUT2D eigenvalue weighted by Gasteiger charge is -2.37. The molecule has 4 atom stereocenters. The maximum atomic E-state index is 11.8. The zero-order chi connectivity index (χ0) is 23.3. The van der Waals surface area contributed by atoms with Gasteiger partial charge in [0.2, 0.25) is 0 Å². The average Bonchev–Trinajstić information content (AvgIpc) is 2.51. The number of nitrogens with zero attached hydrogens (tertiary/aromatic N) is 2. The molecule has 0 unspecified atom stereocenters. The lowest BCUT2D eigenvalue weighted by molar-refractivity contribution is 0.00950. The molecule has 0 aromatic carbocycles. The van der Waals surface area contributed by atoms with Crippen molar-refractivity contribution in [1.29, 1.82) is 0 Å². The molecule has 4 N–H and O–H groups in total. The largest absolute Gasteiger partial charge is 0.444 e. The number of carbonyl (C=O) groups is 2. The van der Waals surface area contributed by atoms with Gasteiger partial charge in [0.1, 0.15) is 11.2 Å². The Bertz CT molecular complexity index is 520. The number of rotatable bonds is 0. The Balaban J connectivity index is 0.000000300. The Morgan fingerprint density at radius 1 is 0.733 bits per heavy atom. The minimum absolute atomic E-state index is 0.184. The number of amides is 2. The molecule has 2 saturated heterocycles. The van der Waals surface area contributed by atoms with Gasteiger partial charge >= 0.3 is 12.2 Å². The standard InChI is InChI=1S/2C11H22N2O2/c2*1-8-7-9(12)5-6-13(8)10(14)15-11(2,3)4/h2*8-9H,5-7,12H2,1-4H3/t2*8-,9+/m10/s1. The van der Waals surface area contributed by atoms with Gasteiger partial charge in [-0.2, -0.15) is 0 Å². The third-order valence-corrected chi connectivity index (χ3v) is 5.09. The van der Waals surface area contributed by atoms with E-state index in [4.69, 9.17) is 20.9 Å². The topological polar surface area (TPSA) is 111 Å². The van der Waals surface area contributed by atoms with E-state index in [1.165, 1.54) is 0 Å². The molecule has 2 amide bonds. The lowest BCUT2D eigenvalue weighted by Crippen LogP contribution is -2.49. The van der Waals surface area contributed by atoms with Gasteiger partial charge in [0, 0.05) is 37.3 Å². The fourth-order valence-corrected chi connectivity index (χ4v) is 3.60. The van der Waals surface area contributed by atoms with Gasteiger partial charge in [-0.1, -0.05) is 0 Å². The van der Waals surface area contributed by atoms with Gasteiger partial charge in [-0.05, 0) is 81.1 Å². The van der Waals surface area contributed by atoms with Crippen molar-refractivity contribution in [2.75, 3.05) is 13.1 Å². The molecule has 2 aliphatic rings. The molecule has 0 spiro atoms. The Hall–Kier alpha value is -1.54. The van der Waals surface area contributed by atoms with Crippen molar-refractivity contribution < 1.29 is 19.1 Å². The number of hydrogen-bond donors (Lipinski definition) is 2. The van der Waals surface area contributed by atoms with Gasteiger partial charge in [0.25, 0.3) is 0 Å². The highest BCUT2D eigenvalue weighted by Gasteiger charge is 2.31. The van der Waals surface area contributed by atoms with Crippen molar-refractivity contribution in [2.24, 2.45) is 11.5 Å². The van der Waals surface area contributed by atoms with Crippen LogP contribution in [0, 0.1) is 0 Å². The third kappa shape index (κ3) is 9.51. The number of ether oxygens (including phenoxy) is 2. The summed E-state index contributed by atoms with van der Waals surface area (Å²) in [6.45, 7) is 16.7. The summed E-state index contributed by atoms with van der Waals surface area (Å²) in [5.74, 6) is 0. The molecule has 2 aliphatic heterocycles. The molecule has 0 bridgehead atoms. The second-order valence-electron chi connectivity index (χ2n) is 10.6. The number of likely N-dealkylation sites (tertiary alicyclic amines) is 2. The molecule has 2 fully saturated rings. The molecule has 8 nitrogen and oxygen atoms in total. The molecule has 0 radical (unpaired) electrons. The van der Waals surface area contributed by atoms with E-state index in [9.17, 15) is 9.59 Å². The van der Waals surface area contributed by atoms with Crippen LogP contribution in [-0.4, -0.2) is 70.4 Å². The van der Waals surface area contributed by atoms with E-state index >= 15 is 0 Å². The molecular weight excluding hydrogens is 384 g/mol. The predicted molar refractivity (Wildman–Crippen MR) is 119 cm³/mol. The van der Waals surface area contributed by atoms with Crippen LogP contribution in [-0.2, 0) is 9.47 Å². The van der Waals surface area contributed by atoms with Crippen LogP contribution in [0.3, 0.4) is 0 Å². The van der Waals surface area contributed by atoms with Crippen molar-refractivity contribution in [3.63, 3.8) is 0 Å². The Labute approximate surface area is 182 Å². The highest BCUT2D eigenvalue weighted by Crippen LogP contribution is 2.20. The Morgan fingerprint density at radius 2 is 1.03 bits per heavy atom. The molecule has 30 heavy (non-hydrogen) atoms. The normalized spacial score (nSPS) is 27.7. The van der Waals surface area contributed by atoms with E-state index in [1.807, 2.05) is 55.4 Å². The first-order valence-electron chi connectivity index (χ1n) is 11.1. The van der Waals surface area contributed by atoms with E-state index < -0.39 is 11.2 Å². The number of carbonyl (C=O) groups excluding carboxylic acids is 2. The van der Waals surface area contributed by atoms with Crippen molar-refractivity contribution in [3.8, 4) is 0 Å². The van der Waals surface area contributed by atoms with E-state index in [1.54, 1.807) is 9.80 Å². The van der Waals surface area contributed by atoms with Crippen LogP contribution in [0.15, 0.2) is 0 Å². The quantitative estimate of drug-likeness (QED) is 0.611. The summed E-state index contributed by atoms with van der Waals surface area (Å²) in [5.41, 5.74) is 10.8. The van der Waals surface area contributed by atoms with Crippen molar-refractivity contribution >= 4 is 12.2 Å². The zero-order valence-electron chi connectivity index (χ0n) is 20.2. The summed E-state index contributed by atoms with van der Waals surface area (Å²) in [5, 5.41) is 0. The highest BCUT2D eigenvalue weighted by atomic mass is 16.6. The fraction of sp³-hybridized carbons (Fsp3) is 0.909. The van der Waals surface area contributed by atoms with E-state index in [2.05, 4.69) is 0 Å². The van der Waals surface area contributed by atoms with Gasteiger partial charge in [0.15, 0.2) is 0 Å². The first-order valence-corrected chi connectivity index (χ1v) is 11.1. The summed E-state index contributed by atoms with van der Waals surface area (Å²) in [7, 11) is 0. The van der Waals surface area contributed by atoms with Crippen LogP contribution in [0.4, 0.5) is 9.59 Å². The maximum Gasteiger partial charge on any atom is 0.410 e. The van der Waals surface area contributed by atoms with E-state index in [-0.39, 0.29) is 36.4 Å². The Morgan fingerprint density at radius 3 is 1.27 bits per heavy atom. The SMILES string of the molecule is C[C@@H]1C[C@@H](N)CCN1C(=O)OC(C)(C)C.C[C@H]1C[C@H](N)CCN1C(=O)OC(C)(C)C. The lowest BCUT2D eigenvalue weighted by atomic mass is 10.00. The second-order valence-corrected chi connectivity index (χ2v) is 10.6. The van der Waals surface area contributed by atoms with Crippen LogP contribution < -0.4 is 11.5 Å². The second kappa shape index (κ2) is 10.7. The average molecular weight is 429 g/mol. The first-order chi connectivity index (χ1) is 13.6. The minimum atomic E-state index is -0.420. The van der Waals surface area contributed by atoms with Crippen LogP contribution in [0.5, 0.6) is 0 Å². The van der Waals surface area contributed by atoms with E-state index in [0.29, 0.717) is 13.1 Å². The maximum absolute atomic E-state index is 11.8. The van der Waals surface area contributed by atoms with Gasteiger partial charge in [0.05, 0.1) is 0 Å². The third-order valence-electron chi connectivity index (χ3n) is 5.09. The number of piperidine rings is 2. The van der Waals surface area contributed by atoms with Gasteiger partial charge in [-0.3, -0.25) is 0 Å². The minimum Gasteiger partial charge on any atom is -0.444 e. The summed E-state index contributed by atoms with van der Waals surface area (Å²) in [6, 6.07) is 0.810. The number of nitrogens with two attached hydrogens (primary N) is 2. The zero-order valence-corrected chi connectivity index (χ0v) is 20.2. The fourth-order valence-electron chi connectivity index (χ4n) is 3.60. The molecule has 2 rings (SSSR count). The summed E-state index contributed by atoms with van der Waals surface area (Å²) < 4.78 is 10.7. The molecule has 0 aliphatic carbocycles. The monoisotopic (exact) mass is 428 g/mol. The van der Waals surface area contributed by atoms with Gasteiger partial charge in [-0.25, -0.2) is 9.59 Å². The summed E-state index contributed by atoms with van der Waals surface area (Å²) in [6.07, 6.45) is 3.01.